The Morgan fingerprint density at radius 1 is 1.06 bits per heavy atom. The monoisotopic (exact) mass is 232 g/mol. The molecule has 0 saturated carbocycles. The lowest BCUT2D eigenvalue weighted by Gasteiger charge is -2.28. The number of quaternary nitrogens is 2. The fourth-order valence-corrected chi connectivity index (χ4v) is 3.50. The lowest BCUT2D eigenvalue weighted by Crippen LogP contribution is -2.88. The van der Waals surface area contributed by atoms with Crippen LogP contribution in [0, 0.1) is 5.92 Å². The van der Waals surface area contributed by atoms with Crippen LogP contribution in [0.15, 0.2) is 24.3 Å². The van der Waals surface area contributed by atoms with Gasteiger partial charge >= 0.3 is 0 Å². The second-order valence-electron chi connectivity index (χ2n) is 5.62. The van der Waals surface area contributed by atoms with Crippen molar-refractivity contribution in [2.75, 3.05) is 19.6 Å². The molecule has 0 spiro atoms. The molecular formula is C15H24N2+2. The van der Waals surface area contributed by atoms with E-state index in [9.17, 15) is 0 Å². The molecule has 1 atom stereocenters. The number of benzene rings is 1. The Balaban J connectivity index is 1.71. The molecule has 1 saturated heterocycles. The van der Waals surface area contributed by atoms with Crippen molar-refractivity contribution in [3.63, 3.8) is 0 Å². The van der Waals surface area contributed by atoms with E-state index < -0.39 is 0 Å². The number of rotatable bonds is 2. The Bertz CT molecular complexity index is 369. The smallest absolute Gasteiger partial charge is 0.112 e. The van der Waals surface area contributed by atoms with E-state index in [2.05, 4.69) is 34.9 Å². The Hall–Kier alpha value is -0.860. The molecule has 2 heteroatoms. The highest BCUT2D eigenvalue weighted by molar-refractivity contribution is 5.30. The first kappa shape index (κ1) is 11.2. The molecule has 0 amide bonds. The zero-order chi connectivity index (χ0) is 11.5. The van der Waals surface area contributed by atoms with Gasteiger partial charge in [-0.15, -0.1) is 0 Å². The number of nitrogens with two attached hydrogens (primary N) is 2. The third-order valence-electron chi connectivity index (χ3n) is 4.46. The van der Waals surface area contributed by atoms with Crippen LogP contribution >= 0.6 is 0 Å². The summed E-state index contributed by atoms with van der Waals surface area (Å²) in [6.45, 7) is 3.97. The van der Waals surface area contributed by atoms with Crippen molar-refractivity contribution in [3.05, 3.63) is 35.4 Å². The van der Waals surface area contributed by atoms with Gasteiger partial charge in [0.05, 0.1) is 19.6 Å². The van der Waals surface area contributed by atoms with Gasteiger partial charge < -0.3 is 10.6 Å². The second kappa shape index (κ2) is 5.19. The minimum absolute atomic E-state index is 0.739. The molecule has 0 aromatic heterocycles. The van der Waals surface area contributed by atoms with Crippen molar-refractivity contribution in [1.29, 1.82) is 0 Å². The molecule has 1 aromatic rings. The Morgan fingerprint density at radius 2 is 1.88 bits per heavy atom. The molecule has 0 aliphatic carbocycles. The number of fused-ring (bicyclic) bond motifs is 1. The van der Waals surface area contributed by atoms with Crippen LogP contribution in [0.3, 0.4) is 0 Å². The van der Waals surface area contributed by atoms with Crippen LogP contribution in [-0.4, -0.2) is 19.6 Å². The van der Waals surface area contributed by atoms with Crippen LogP contribution in [-0.2, 0) is 6.42 Å². The molecule has 2 nitrogen and oxygen atoms in total. The molecule has 1 aromatic carbocycles. The van der Waals surface area contributed by atoms with Gasteiger partial charge in [-0.1, -0.05) is 24.3 Å². The van der Waals surface area contributed by atoms with E-state index in [1.165, 1.54) is 45.3 Å². The van der Waals surface area contributed by atoms with Crippen LogP contribution in [0.2, 0.25) is 0 Å². The van der Waals surface area contributed by atoms with Gasteiger partial charge in [-0.25, -0.2) is 0 Å². The molecule has 0 bridgehead atoms. The maximum atomic E-state index is 2.57. The van der Waals surface area contributed by atoms with Crippen LogP contribution < -0.4 is 10.6 Å². The van der Waals surface area contributed by atoms with E-state index in [1.54, 1.807) is 11.1 Å². The summed E-state index contributed by atoms with van der Waals surface area (Å²) in [5.41, 5.74) is 3.22. The Morgan fingerprint density at radius 3 is 2.76 bits per heavy atom. The summed E-state index contributed by atoms with van der Waals surface area (Å²) >= 11 is 0. The maximum Gasteiger partial charge on any atom is 0.112 e. The largest absolute Gasteiger partial charge is 0.346 e. The van der Waals surface area contributed by atoms with Gasteiger partial charge in [-0.2, -0.15) is 0 Å². The molecule has 1 fully saturated rings. The summed E-state index contributed by atoms with van der Waals surface area (Å²) in [5, 5.41) is 5.04. The van der Waals surface area contributed by atoms with Crippen LogP contribution in [0.4, 0.5) is 0 Å². The minimum Gasteiger partial charge on any atom is -0.346 e. The van der Waals surface area contributed by atoms with Gasteiger partial charge in [0.1, 0.15) is 6.04 Å². The van der Waals surface area contributed by atoms with Crippen LogP contribution in [0.25, 0.3) is 0 Å². The van der Waals surface area contributed by atoms with Crippen LogP contribution in [0.1, 0.15) is 36.4 Å². The van der Waals surface area contributed by atoms with Crippen molar-refractivity contribution >= 4 is 0 Å². The molecule has 17 heavy (non-hydrogen) atoms. The first-order chi connectivity index (χ1) is 8.43. The quantitative estimate of drug-likeness (QED) is 0.731. The summed E-state index contributed by atoms with van der Waals surface area (Å²) in [6.07, 6.45) is 5.50. The van der Waals surface area contributed by atoms with Crippen molar-refractivity contribution in [3.8, 4) is 0 Å². The number of piperidine rings is 1. The molecule has 3 rings (SSSR count). The van der Waals surface area contributed by atoms with Gasteiger partial charge in [0, 0.05) is 18.4 Å². The van der Waals surface area contributed by atoms with Gasteiger partial charge in [0.15, 0.2) is 0 Å². The minimum atomic E-state index is 0.739. The topological polar surface area (TPSA) is 33.2 Å². The standard InChI is InChI=1S/C15H22N2/c1-2-4-14-13(3-1)7-10-17-15(14)11-12-5-8-16-9-6-12/h1-4,12,15-17H,5-11H2/p+2/t15-/m1/s1. The van der Waals surface area contributed by atoms with E-state index in [0.29, 0.717) is 0 Å². The predicted octanol–water partition coefficient (Wildman–Crippen LogP) is 0.211. The molecule has 0 radical (unpaired) electrons. The van der Waals surface area contributed by atoms with Crippen molar-refractivity contribution in [1.82, 2.24) is 0 Å². The average Bonchev–Trinajstić information content (AvgIpc) is 2.40. The molecule has 92 valence electrons. The lowest BCUT2D eigenvalue weighted by atomic mass is 9.85. The van der Waals surface area contributed by atoms with E-state index >= 15 is 0 Å². The first-order valence-corrected chi connectivity index (χ1v) is 7.16. The highest BCUT2D eigenvalue weighted by atomic mass is 14.9. The van der Waals surface area contributed by atoms with Gasteiger partial charge in [0.25, 0.3) is 0 Å². The molecule has 4 N–H and O–H groups in total. The normalized spacial score (nSPS) is 25.5. The highest BCUT2D eigenvalue weighted by Gasteiger charge is 2.27. The molecule has 0 unspecified atom stereocenters. The molecule has 2 aliphatic rings. The Labute approximate surface area is 104 Å². The van der Waals surface area contributed by atoms with Crippen molar-refractivity contribution < 1.29 is 10.6 Å². The average molecular weight is 232 g/mol. The summed E-state index contributed by atoms with van der Waals surface area (Å²) in [6, 6.07) is 9.81. The molecule has 2 heterocycles. The molecular weight excluding hydrogens is 208 g/mol. The van der Waals surface area contributed by atoms with Crippen molar-refractivity contribution in [2.24, 2.45) is 5.92 Å². The first-order valence-electron chi connectivity index (χ1n) is 7.16. The van der Waals surface area contributed by atoms with E-state index in [1.807, 2.05) is 0 Å². The maximum absolute atomic E-state index is 2.57. The summed E-state index contributed by atoms with van der Waals surface area (Å²) in [5.74, 6) is 0.965. The Kier molecular flexibility index (Phi) is 3.44. The van der Waals surface area contributed by atoms with Gasteiger partial charge in [-0.05, 0) is 24.3 Å². The summed E-state index contributed by atoms with van der Waals surface area (Å²) < 4.78 is 0. The zero-order valence-corrected chi connectivity index (χ0v) is 10.6. The van der Waals surface area contributed by atoms with Gasteiger partial charge in [-0.3, -0.25) is 0 Å². The number of hydrogen-bond donors (Lipinski definition) is 2. The second-order valence-corrected chi connectivity index (χ2v) is 5.62. The summed E-state index contributed by atoms with van der Waals surface area (Å²) in [4.78, 5) is 0. The predicted molar refractivity (Wildman–Crippen MR) is 68.7 cm³/mol. The van der Waals surface area contributed by atoms with Crippen molar-refractivity contribution in [2.45, 2.75) is 31.7 Å². The third-order valence-corrected chi connectivity index (χ3v) is 4.46. The lowest BCUT2D eigenvalue weighted by molar-refractivity contribution is -0.702. The van der Waals surface area contributed by atoms with Crippen LogP contribution in [0.5, 0.6) is 0 Å². The highest BCUT2D eigenvalue weighted by Crippen LogP contribution is 2.26. The van der Waals surface area contributed by atoms with E-state index in [-0.39, 0.29) is 0 Å². The fourth-order valence-electron chi connectivity index (χ4n) is 3.50. The third kappa shape index (κ3) is 2.53. The molecule has 2 aliphatic heterocycles. The van der Waals surface area contributed by atoms with E-state index in [4.69, 9.17) is 0 Å². The van der Waals surface area contributed by atoms with Gasteiger partial charge in [0.2, 0.25) is 0 Å². The zero-order valence-electron chi connectivity index (χ0n) is 10.6. The SMILES string of the molecule is c1ccc2c(c1)CC[NH2+][C@@H]2CC1CC[NH2+]CC1. The fraction of sp³-hybridized carbons (Fsp3) is 0.600. The summed E-state index contributed by atoms with van der Waals surface area (Å²) in [7, 11) is 0. The number of hydrogen-bond acceptors (Lipinski definition) is 0. The van der Waals surface area contributed by atoms with E-state index in [0.717, 1.165) is 12.0 Å².